The van der Waals surface area contributed by atoms with Gasteiger partial charge in [-0.1, -0.05) is 0 Å². The Bertz CT molecular complexity index is 1440. The summed E-state index contributed by atoms with van der Waals surface area (Å²) in [7, 11) is 14.4. The molecule has 189 valence electrons. The van der Waals surface area contributed by atoms with Crippen molar-refractivity contribution in [2.45, 2.75) is 36.8 Å². The number of hydrogen-bond donors (Lipinski definition) is 0. The van der Waals surface area contributed by atoms with Crippen LogP contribution >= 0.6 is 17.0 Å². The van der Waals surface area contributed by atoms with E-state index in [2.05, 4.69) is 135 Å². The Hall–Kier alpha value is -1.96. The summed E-state index contributed by atoms with van der Waals surface area (Å²) in [6, 6.07) is 38.0. The summed E-state index contributed by atoms with van der Waals surface area (Å²) >= 11 is -2.63. The molecule has 4 aromatic rings. The van der Waals surface area contributed by atoms with Gasteiger partial charge in [0, 0.05) is 0 Å². The van der Waals surface area contributed by atoms with Gasteiger partial charge >= 0.3 is 244 Å². The van der Waals surface area contributed by atoms with E-state index in [0.717, 1.165) is 12.1 Å². The fraction of sp³-hybridized carbons (Fsp3) is 0.176. The second kappa shape index (κ2) is 10.5. The molecule has 4 aromatic carbocycles. The Morgan fingerprint density at radius 3 is 1.47 bits per heavy atom. The van der Waals surface area contributed by atoms with Crippen molar-refractivity contribution in [3.8, 4) is 0 Å². The maximum absolute atomic E-state index is 7.19. The van der Waals surface area contributed by atoms with Crippen LogP contribution < -0.4 is 0 Å². The third-order valence-corrected chi connectivity index (χ3v) is 29.9. The molecule has 2 aliphatic rings. The topological polar surface area (TPSA) is 0 Å². The van der Waals surface area contributed by atoms with Crippen molar-refractivity contribution in [3.63, 3.8) is 0 Å². The van der Waals surface area contributed by atoms with Crippen LogP contribution in [-0.2, 0) is 29.4 Å². The Labute approximate surface area is 242 Å². The molecule has 0 amide bonds. The van der Waals surface area contributed by atoms with Crippen molar-refractivity contribution in [2.75, 3.05) is 0 Å². The molecule has 0 radical (unpaired) electrons. The summed E-state index contributed by atoms with van der Waals surface area (Å²) in [5, 5.41) is 0. The van der Waals surface area contributed by atoms with E-state index < -0.39 is 24.4 Å². The predicted molar refractivity (Wildman–Crippen MR) is 163 cm³/mol. The molecule has 0 aromatic heterocycles. The Balaban J connectivity index is 1.48. The van der Waals surface area contributed by atoms with E-state index in [-0.39, 0.29) is 10.8 Å². The van der Waals surface area contributed by atoms with E-state index in [0.29, 0.717) is 0 Å². The minimum atomic E-state index is -2.63. The van der Waals surface area contributed by atoms with Crippen molar-refractivity contribution < 1.29 is 18.5 Å². The predicted octanol–water partition coefficient (Wildman–Crippen LogP) is 9.28. The van der Waals surface area contributed by atoms with E-state index in [1.807, 2.05) is 0 Å². The van der Waals surface area contributed by atoms with Gasteiger partial charge in [0.25, 0.3) is 0 Å². The zero-order valence-corrected chi connectivity index (χ0v) is 26.9. The van der Waals surface area contributed by atoms with E-state index in [4.69, 9.17) is 17.0 Å². The van der Waals surface area contributed by atoms with Crippen LogP contribution in [0.25, 0.3) is 12.2 Å². The zero-order chi connectivity index (χ0) is 26.3. The summed E-state index contributed by atoms with van der Waals surface area (Å²) in [5.74, 6) is -1.61. The number of halogens is 2. The SMILES string of the molecule is Cc1cccc(C2(C[SiH](CC3(c4cccc(C)c4)C=Cc4ccccc43)[Zr]([Cl])[Cl])C=Cc3ccccc32)c1. The van der Waals surface area contributed by atoms with E-state index in [1.54, 1.807) is 0 Å². The average molecular weight is 630 g/mol. The summed E-state index contributed by atoms with van der Waals surface area (Å²) in [5.41, 5.74) is 10.4. The Morgan fingerprint density at radius 1 is 0.605 bits per heavy atom. The molecule has 0 saturated heterocycles. The molecule has 38 heavy (non-hydrogen) atoms. The number of hydrogen-bond acceptors (Lipinski definition) is 0. The third-order valence-electron chi connectivity index (χ3n) is 8.49. The van der Waals surface area contributed by atoms with Crippen LogP contribution in [0.15, 0.2) is 109 Å². The molecule has 2 atom stereocenters. The average Bonchev–Trinajstić information content (AvgIpc) is 3.49. The second-order valence-corrected chi connectivity index (χ2v) is 34.3. The molecule has 0 bridgehead atoms. The quantitative estimate of drug-likeness (QED) is 0.179. The van der Waals surface area contributed by atoms with Crippen LogP contribution in [0.4, 0.5) is 0 Å². The molecule has 0 N–H and O–H groups in total. The van der Waals surface area contributed by atoms with Gasteiger partial charge < -0.3 is 0 Å². The van der Waals surface area contributed by atoms with E-state index in [9.17, 15) is 0 Å². The van der Waals surface area contributed by atoms with Gasteiger partial charge in [0.2, 0.25) is 0 Å². The van der Waals surface area contributed by atoms with Crippen LogP contribution in [0.5, 0.6) is 0 Å². The first-order chi connectivity index (χ1) is 18.4. The molecular formula is C34H31Cl2SiZr. The molecule has 6 rings (SSSR count). The van der Waals surface area contributed by atoms with Crippen molar-refractivity contribution in [1.29, 1.82) is 0 Å². The van der Waals surface area contributed by atoms with Gasteiger partial charge in [-0.05, 0) is 0 Å². The maximum atomic E-state index is 7.19. The number of rotatable bonds is 7. The Kier molecular flexibility index (Phi) is 7.29. The van der Waals surface area contributed by atoms with Gasteiger partial charge in [-0.3, -0.25) is 0 Å². The van der Waals surface area contributed by atoms with Gasteiger partial charge in [-0.15, -0.1) is 0 Å². The molecule has 2 aliphatic carbocycles. The van der Waals surface area contributed by atoms with Crippen LogP contribution in [0, 0.1) is 13.8 Å². The molecule has 2 unspecified atom stereocenters. The monoisotopic (exact) mass is 627 g/mol. The summed E-state index contributed by atoms with van der Waals surface area (Å²) in [6.07, 6.45) is 9.53. The van der Waals surface area contributed by atoms with Crippen LogP contribution in [0.2, 0.25) is 12.1 Å². The number of allylic oxidation sites excluding steroid dienone is 2. The normalized spacial score (nSPS) is 21.8. The number of benzene rings is 4. The molecule has 4 heteroatoms. The fourth-order valence-electron chi connectivity index (χ4n) is 6.68. The number of aryl methyl sites for hydroxylation is 2. The molecule has 0 saturated carbocycles. The van der Waals surface area contributed by atoms with Gasteiger partial charge in [0.1, 0.15) is 0 Å². The van der Waals surface area contributed by atoms with Gasteiger partial charge in [0.15, 0.2) is 0 Å². The van der Waals surface area contributed by atoms with Gasteiger partial charge in [-0.2, -0.15) is 0 Å². The molecule has 0 heterocycles. The fourth-order valence-corrected chi connectivity index (χ4v) is 22.4. The first-order valence-electron chi connectivity index (χ1n) is 13.3. The van der Waals surface area contributed by atoms with Crippen molar-refractivity contribution in [1.82, 2.24) is 0 Å². The Morgan fingerprint density at radius 2 is 1.05 bits per heavy atom. The van der Waals surface area contributed by atoms with Gasteiger partial charge in [-0.25, -0.2) is 0 Å². The first kappa shape index (κ1) is 26.3. The molecule has 0 spiro atoms. The molecular weight excluding hydrogens is 599 g/mol. The molecule has 0 fully saturated rings. The van der Waals surface area contributed by atoms with E-state index in [1.165, 1.54) is 44.5 Å². The first-order valence-corrected chi connectivity index (χ1v) is 26.1. The third kappa shape index (κ3) is 4.58. The summed E-state index contributed by atoms with van der Waals surface area (Å²) in [4.78, 5) is 0. The summed E-state index contributed by atoms with van der Waals surface area (Å²) in [6.45, 7) is 4.38. The van der Waals surface area contributed by atoms with E-state index >= 15 is 0 Å². The van der Waals surface area contributed by atoms with Gasteiger partial charge in [0.05, 0.1) is 0 Å². The van der Waals surface area contributed by atoms with Crippen molar-refractivity contribution >= 4 is 35.1 Å². The van der Waals surface area contributed by atoms with Crippen molar-refractivity contribution in [3.05, 3.63) is 154 Å². The zero-order valence-electron chi connectivity index (χ0n) is 21.8. The standard InChI is InChI=1S/C34H31Si.2ClH.Zr/c1-25-9-7-13-29(21-25)33(19-17-27-11-3-5-15-31(27)33)23-35-24-34(30-14-8-10-26(2)22-30)20-18-28-12-4-6-16-32(28)34;;;/h3-22,35H,23-24H2,1-2H3;2*1H;/q;;;+2/p-2. The summed E-state index contributed by atoms with van der Waals surface area (Å²) < 4.78 is 0. The van der Waals surface area contributed by atoms with Crippen LogP contribution in [-0.4, -0.2) is 5.92 Å². The van der Waals surface area contributed by atoms with Crippen LogP contribution in [0.1, 0.15) is 44.5 Å². The molecule has 0 aliphatic heterocycles. The minimum absolute atomic E-state index is 0.176. The van der Waals surface area contributed by atoms with Crippen LogP contribution in [0.3, 0.4) is 0 Å². The molecule has 0 nitrogen and oxygen atoms in total. The number of fused-ring (bicyclic) bond motifs is 2. The second-order valence-electron chi connectivity index (χ2n) is 10.9. The van der Waals surface area contributed by atoms with Crippen molar-refractivity contribution in [2.24, 2.45) is 0 Å².